The highest BCUT2D eigenvalue weighted by molar-refractivity contribution is 7.99. The first-order chi connectivity index (χ1) is 31.7. The zero-order valence-electron chi connectivity index (χ0n) is 34.8. The molecule has 0 aliphatic carbocycles. The number of fused-ring (bicyclic) bond motifs is 14. The van der Waals surface area contributed by atoms with E-state index in [1.54, 1.807) is 0 Å². The van der Waals surface area contributed by atoms with Gasteiger partial charge in [-0.15, -0.1) is 0 Å². The number of allylic oxidation sites excluding steroid dienone is 1. The van der Waals surface area contributed by atoms with Gasteiger partial charge in [-0.05, 0) is 88.3 Å². The quantitative estimate of drug-likeness (QED) is 0.134. The standard InChI is InChI=1S/C59H40N4S/c60-58(61-50(39-19-5-2-6-20-39)34-33-38-17-3-1-4-18-38)40-21-15-22-41(35-40)62-51-29-11-8-24-43(51)45-36-49-56(37-54(45)62)64-55-32-14-10-27-47(55)59(49)46-26-9-13-31-53(46)63-52-30-12-7-23-42(52)44-25-16-28-48(59)57(44)63/h1-32,34-37H,33H2,(H2,60,61)/b50-34-. The Morgan fingerprint density at radius 3 is 1.94 bits per heavy atom. The van der Waals surface area contributed by atoms with Crippen LogP contribution < -0.4 is 5.73 Å². The Kier molecular flexibility index (Phi) is 8.24. The topological polar surface area (TPSA) is 48.2 Å². The molecular formula is C59H40N4S. The highest BCUT2D eigenvalue weighted by Gasteiger charge is 2.49. The van der Waals surface area contributed by atoms with E-state index in [0.717, 1.165) is 40.0 Å². The Morgan fingerprint density at radius 2 is 1.11 bits per heavy atom. The van der Waals surface area contributed by atoms with Crippen molar-refractivity contribution in [2.45, 2.75) is 21.6 Å². The predicted molar refractivity (Wildman–Crippen MR) is 266 cm³/mol. The maximum atomic E-state index is 6.99. The zero-order valence-corrected chi connectivity index (χ0v) is 35.6. The molecule has 2 N–H and O–H groups in total. The van der Waals surface area contributed by atoms with Gasteiger partial charge < -0.3 is 14.9 Å². The van der Waals surface area contributed by atoms with Gasteiger partial charge in [0, 0.05) is 42.6 Å². The van der Waals surface area contributed by atoms with E-state index in [1.165, 1.54) is 75.9 Å². The van der Waals surface area contributed by atoms with Crippen molar-refractivity contribution in [2.24, 2.45) is 10.7 Å². The number of para-hydroxylation sites is 4. The van der Waals surface area contributed by atoms with Crippen LogP contribution in [0, 0.1) is 0 Å². The van der Waals surface area contributed by atoms with Crippen LogP contribution in [0.4, 0.5) is 0 Å². The van der Waals surface area contributed by atoms with Crippen molar-refractivity contribution in [2.75, 3.05) is 0 Å². The van der Waals surface area contributed by atoms with Gasteiger partial charge in [-0.3, -0.25) is 0 Å². The summed E-state index contributed by atoms with van der Waals surface area (Å²) in [5, 5.41) is 4.97. The van der Waals surface area contributed by atoms with Crippen molar-refractivity contribution in [3.05, 3.63) is 257 Å². The van der Waals surface area contributed by atoms with Gasteiger partial charge in [0.25, 0.3) is 0 Å². The second kappa shape index (κ2) is 14.3. The number of amidine groups is 1. The summed E-state index contributed by atoms with van der Waals surface area (Å²) in [5.41, 5.74) is 22.7. The normalized spacial score (nSPS) is 15.5. The highest BCUT2D eigenvalue weighted by atomic mass is 32.2. The number of nitrogens with two attached hydrogens (primary N) is 1. The lowest BCUT2D eigenvalue weighted by Crippen LogP contribution is -2.37. The fraction of sp³-hybridized carbons (Fsp3) is 0.0339. The van der Waals surface area contributed by atoms with Crippen LogP contribution in [0.15, 0.2) is 233 Å². The van der Waals surface area contributed by atoms with E-state index in [9.17, 15) is 0 Å². The highest BCUT2D eigenvalue weighted by Crippen LogP contribution is 2.61. The van der Waals surface area contributed by atoms with Gasteiger partial charge in [-0.25, -0.2) is 4.99 Å². The second-order valence-electron chi connectivity index (χ2n) is 16.8. The van der Waals surface area contributed by atoms with Crippen LogP contribution in [-0.4, -0.2) is 15.0 Å². The molecule has 4 heterocycles. The molecule has 1 atom stereocenters. The third-order valence-corrected chi connectivity index (χ3v) is 14.6. The molecule has 11 aromatic rings. The minimum absolute atomic E-state index is 0.472. The Hall–Kier alpha value is -7.86. The van der Waals surface area contributed by atoms with Crippen molar-refractivity contribution < 1.29 is 0 Å². The van der Waals surface area contributed by atoms with Crippen molar-refractivity contribution in [3.8, 4) is 11.4 Å². The molecule has 1 unspecified atom stereocenters. The third kappa shape index (κ3) is 5.34. The molecule has 0 amide bonds. The average molecular weight is 837 g/mol. The van der Waals surface area contributed by atoms with Crippen LogP contribution >= 0.6 is 11.8 Å². The Labute approximate surface area is 375 Å². The first-order valence-corrected chi connectivity index (χ1v) is 22.7. The predicted octanol–water partition coefficient (Wildman–Crippen LogP) is 14.0. The summed E-state index contributed by atoms with van der Waals surface area (Å²) in [5.74, 6) is 0.472. The first kappa shape index (κ1) is 36.8. The molecule has 2 aliphatic rings. The summed E-state index contributed by atoms with van der Waals surface area (Å²) < 4.78 is 4.92. The molecule has 0 saturated carbocycles. The van der Waals surface area contributed by atoms with Crippen LogP contribution in [0.25, 0.3) is 60.7 Å². The van der Waals surface area contributed by atoms with E-state index in [0.29, 0.717) is 5.84 Å². The van der Waals surface area contributed by atoms with E-state index >= 15 is 0 Å². The minimum atomic E-state index is -0.565. The molecule has 1 spiro atoms. The molecule has 64 heavy (non-hydrogen) atoms. The van der Waals surface area contributed by atoms with Crippen LogP contribution in [0.5, 0.6) is 0 Å². The summed E-state index contributed by atoms with van der Waals surface area (Å²) in [6.07, 6.45) is 2.92. The van der Waals surface area contributed by atoms with Crippen LogP contribution in [-0.2, 0) is 11.8 Å². The van der Waals surface area contributed by atoms with Gasteiger partial charge in [0.1, 0.15) is 5.84 Å². The number of aliphatic imine (C=N–C) groups is 1. The number of benzene rings is 9. The van der Waals surface area contributed by atoms with E-state index in [-0.39, 0.29) is 0 Å². The van der Waals surface area contributed by atoms with Gasteiger partial charge in [0.15, 0.2) is 0 Å². The van der Waals surface area contributed by atoms with Crippen LogP contribution in [0.1, 0.15) is 38.9 Å². The lowest BCUT2D eigenvalue weighted by atomic mass is 9.62. The molecular weight excluding hydrogens is 797 g/mol. The Bertz CT molecular complexity index is 3740. The molecule has 0 saturated heterocycles. The van der Waals surface area contributed by atoms with Crippen molar-refractivity contribution >= 4 is 66.9 Å². The fourth-order valence-electron chi connectivity index (χ4n) is 10.7. The molecule has 13 rings (SSSR count). The number of aromatic nitrogens is 2. The first-order valence-electron chi connectivity index (χ1n) is 21.9. The number of hydrogen-bond donors (Lipinski definition) is 1. The molecule has 302 valence electrons. The maximum absolute atomic E-state index is 6.99. The van der Waals surface area contributed by atoms with Crippen LogP contribution in [0.3, 0.4) is 0 Å². The maximum Gasteiger partial charge on any atom is 0.131 e. The van der Waals surface area contributed by atoms with Gasteiger partial charge in [0.2, 0.25) is 0 Å². The van der Waals surface area contributed by atoms with Gasteiger partial charge in [0.05, 0.1) is 38.9 Å². The summed E-state index contributed by atoms with van der Waals surface area (Å²) in [6.45, 7) is 0. The Morgan fingerprint density at radius 1 is 0.484 bits per heavy atom. The van der Waals surface area contributed by atoms with E-state index in [2.05, 4.69) is 203 Å². The Balaban J connectivity index is 1.03. The van der Waals surface area contributed by atoms with Crippen molar-refractivity contribution in [1.82, 2.24) is 9.13 Å². The molecule has 4 nitrogen and oxygen atoms in total. The van der Waals surface area contributed by atoms with Crippen molar-refractivity contribution in [3.63, 3.8) is 0 Å². The lowest BCUT2D eigenvalue weighted by Gasteiger charge is -2.45. The average Bonchev–Trinajstić information content (AvgIpc) is 3.87. The third-order valence-electron chi connectivity index (χ3n) is 13.4. The monoisotopic (exact) mass is 836 g/mol. The SMILES string of the molecule is NC(=N/C(=C\Cc1ccccc1)c1ccccc1)c1cccc(-n2c3ccccc3c3cc4c(cc32)Sc2ccccc2C42c3ccccc3-n3c4ccccc4c4cccc2c43)c1. The van der Waals surface area contributed by atoms with E-state index < -0.39 is 5.41 Å². The molecule has 0 fully saturated rings. The van der Waals surface area contributed by atoms with E-state index in [1.807, 2.05) is 36.0 Å². The summed E-state index contributed by atoms with van der Waals surface area (Å²) in [6, 6.07) is 77.1. The van der Waals surface area contributed by atoms with Crippen LogP contribution in [0.2, 0.25) is 0 Å². The molecule has 5 heteroatoms. The lowest BCUT2D eigenvalue weighted by molar-refractivity contribution is 0.691. The van der Waals surface area contributed by atoms with Gasteiger partial charge in [-0.2, -0.15) is 0 Å². The zero-order chi connectivity index (χ0) is 42.4. The largest absolute Gasteiger partial charge is 0.383 e. The molecule has 2 aromatic heterocycles. The molecule has 2 aliphatic heterocycles. The second-order valence-corrected chi connectivity index (χ2v) is 17.9. The smallest absolute Gasteiger partial charge is 0.131 e. The van der Waals surface area contributed by atoms with Crippen molar-refractivity contribution in [1.29, 1.82) is 0 Å². The molecule has 9 aromatic carbocycles. The summed E-state index contributed by atoms with van der Waals surface area (Å²) in [4.78, 5) is 7.63. The van der Waals surface area contributed by atoms with Gasteiger partial charge >= 0.3 is 0 Å². The number of nitrogens with zero attached hydrogens (tertiary/aromatic N) is 3. The summed E-state index contributed by atoms with van der Waals surface area (Å²) >= 11 is 1.88. The van der Waals surface area contributed by atoms with E-state index in [4.69, 9.17) is 10.7 Å². The number of rotatable bonds is 6. The number of hydrogen-bond acceptors (Lipinski definition) is 2. The molecule has 0 bridgehead atoms. The molecule has 0 radical (unpaired) electrons. The summed E-state index contributed by atoms with van der Waals surface area (Å²) in [7, 11) is 0. The fourth-order valence-corrected chi connectivity index (χ4v) is 11.9. The minimum Gasteiger partial charge on any atom is -0.383 e. The van der Waals surface area contributed by atoms with Gasteiger partial charge in [-0.1, -0.05) is 182 Å².